The first kappa shape index (κ1) is 29.1. The van der Waals surface area contributed by atoms with E-state index in [-0.39, 0.29) is 29.5 Å². The van der Waals surface area contributed by atoms with E-state index in [9.17, 15) is 9.90 Å². The van der Waals surface area contributed by atoms with E-state index in [0.29, 0.717) is 17.9 Å². The van der Waals surface area contributed by atoms with Crippen molar-refractivity contribution < 1.29 is 37.6 Å². The number of esters is 1. The van der Waals surface area contributed by atoms with Gasteiger partial charge >= 0.3 is 5.97 Å². The number of phenols is 1. The van der Waals surface area contributed by atoms with Gasteiger partial charge in [0.1, 0.15) is 17.4 Å². The highest BCUT2D eigenvalue weighted by Gasteiger charge is 2.36. The molecule has 0 bridgehead atoms. The summed E-state index contributed by atoms with van der Waals surface area (Å²) in [5.74, 6) is -6.51. The summed E-state index contributed by atoms with van der Waals surface area (Å²) in [5, 5.41) is 17.9. The van der Waals surface area contributed by atoms with Crippen LogP contribution in [0.1, 0.15) is 31.9 Å². The highest BCUT2D eigenvalue weighted by atomic mass is 19.1. The lowest BCUT2D eigenvalue weighted by Gasteiger charge is -2.25. The van der Waals surface area contributed by atoms with E-state index in [1.807, 2.05) is 11.9 Å². The third-order valence-electron chi connectivity index (χ3n) is 5.94. The molecule has 0 saturated heterocycles. The Kier molecular flexibility index (Phi) is 8.26. The quantitative estimate of drug-likeness (QED) is 0.184. The number of aromatic nitrogens is 1. The molecule has 0 saturated carbocycles. The Balaban J connectivity index is 1.79. The fourth-order valence-electron chi connectivity index (χ4n) is 3.83. The molecule has 0 amide bonds. The molecule has 0 unspecified atom stereocenters. The number of benzene rings is 2. The molecule has 4 rings (SSSR count). The van der Waals surface area contributed by atoms with Gasteiger partial charge in [0.05, 0.1) is 13.2 Å². The molecular weight excluding hydrogens is 540 g/mol. The molecular formula is C28H29F2N5O6. The van der Waals surface area contributed by atoms with E-state index in [0.717, 1.165) is 6.54 Å². The van der Waals surface area contributed by atoms with Crippen molar-refractivity contribution in [3.8, 4) is 34.8 Å². The van der Waals surface area contributed by atoms with Crippen molar-refractivity contribution in [2.24, 2.45) is 10.7 Å². The number of carbonyl (C=O) groups is 1. The van der Waals surface area contributed by atoms with Crippen LogP contribution < -0.4 is 19.9 Å². The van der Waals surface area contributed by atoms with Crippen molar-refractivity contribution in [2.45, 2.75) is 26.4 Å². The van der Waals surface area contributed by atoms with Crippen molar-refractivity contribution in [1.82, 2.24) is 9.88 Å². The largest absolute Gasteiger partial charge is 0.504 e. The number of aromatic hydroxyl groups is 1. The van der Waals surface area contributed by atoms with Crippen LogP contribution in [0.4, 0.5) is 8.78 Å². The number of phenolic OH excluding ortho intramolecular Hbond substituents is 1. The first-order valence-corrected chi connectivity index (χ1v) is 12.6. The second-order valence-corrected chi connectivity index (χ2v) is 9.47. The highest BCUT2D eigenvalue weighted by molar-refractivity contribution is 6.00. The van der Waals surface area contributed by atoms with E-state index < -0.39 is 46.5 Å². The highest BCUT2D eigenvalue weighted by Crippen LogP contribution is 2.41. The molecule has 0 spiro atoms. The standard InChI is InChI=1S/C28H29F2N5O6/c1-5-38-27(37)28(2,3)41-22-20(29)25(39-17-8-6-7-16(13-17)24-33-11-12-35(24)4)34-26(21(22)30)40-19-14-15(23(31)32)9-10-18(19)36/h6-10,13-14,36H,5,11-12H2,1-4H3,(H3,31,32). The second-order valence-electron chi connectivity index (χ2n) is 9.47. The van der Waals surface area contributed by atoms with E-state index in [2.05, 4.69) is 9.98 Å². The van der Waals surface area contributed by atoms with Crippen LogP contribution in [0.25, 0.3) is 0 Å². The number of hydrogen-bond acceptors (Lipinski definition) is 10. The maximum absolute atomic E-state index is 15.7. The normalized spacial score (nSPS) is 13.0. The lowest BCUT2D eigenvalue weighted by molar-refractivity contribution is -0.159. The van der Waals surface area contributed by atoms with Crippen LogP contribution >= 0.6 is 0 Å². The summed E-state index contributed by atoms with van der Waals surface area (Å²) < 4.78 is 53.1. The van der Waals surface area contributed by atoms with E-state index in [4.69, 9.17) is 30.1 Å². The molecule has 0 radical (unpaired) electrons. The molecule has 0 aliphatic carbocycles. The number of pyridine rings is 1. The number of carbonyl (C=O) groups excluding carboxylic acids is 1. The molecule has 1 aliphatic rings. The van der Waals surface area contributed by atoms with E-state index in [1.165, 1.54) is 38.1 Å². The van der Waals surface area contributed by atoms with Gasteiger partial charge in [0.15, 0.2) is 17.1 Å². The first-order valence-electron chi connectivity index (χ1n) is 12.6. The number of nitrogens with one attached hydrogen (secondary N) is 1. The van der Waals surface area contributed by atoms with Gasteiger partial charge in [-0.15, -0.1) is 0 Å². The van der Waals surface area contributed by atoms with Gasteiger partial charge in [0, 0.05) is 24.7 Å². The van der Waals surface area contributed by atoms with Crippen LogP contribution in [0, 0.1) is 17.0 Å². The minimum absolute atomic E-state index is 0.0121. The molecule has 13 heteroatoms. The molecule has 2 heterocycles. The zero-order valence-corrected chi connectivity index (χ0v) is 22.8. The topological polar surface area (TPSA) is 153 Å². The van der Waals surface area contributed by atoms with Crippen molar-refractivity contribution >= 4 is 17.6 Å². The molecule has 1 aliphatic heterocycles. The Morgan fingerprint density at radius 1 is 1.15 bits per heavy atom. The Morgan fingerprint density at radius 2 is 1.85 bits per heavy atom. The van der Waals surface area contributed by atoms with Gasteiger partial charge in [-0.3, -0.25) is 10.4 Å². The van der Waals surface area contributed by atoms with Gasteiger partial charge in [0.2, 0.25) is 17.4 Å². The van der Waals surface area contributed by atoms with Crippen LogP contribution in [-0.2, 0) is 9.53 Å². The van der Waals surface area contributed by atoms with Gasteiger partial charge in [0.25, 0.3) is 11.8 Å². The molecule has 41 heavy (non-hydrogen) atoms. The average Bonchev–Trinajstić information content (AvgIpc) is 3.36. The molecule has 1 aromatic heterocycles. The molecule has 2 aromatic carbocycles. The maximum atomic E-state index is 15.7. The van der Waals surface area contributed by atoms with Crippen LogP contribution in [0.5, 0.6) is 34.8 Å². The molecule has 0 atom stereocenters. The number of halogens is 2. The maximum Gasteiger partial charge on any atom is 0.349 e. The Bertz CT molecular complexity index is 1530. The van der Waals surface area contributed by atoms with Crippen molar-refractivity contribution in [3.63, 3.8) is 0 Å². The van der Waals surface area contributed by atoms with Crippen LogP contribution in [0.2, 0.25) is 0 Å². The van der Waals surface area contributed by atoms with Gasteiger partial charge < -0.3 is 34.7 Å². The fourth-order valence-corrected chi connectivity index (χ4v) is 3.83. The van der Waals surface area contributed by atoms with Crippen molar-refractivity contribution in [3.05, 3.63) is 65.2 Å². The summed E-state index contributed by atoms with van der Waals surface area (Å²) in [5.41, 5.74) is 4.55. The summed E-state index contributed by atoms with van der Waals surface area (Å²) in [7, 11) is 1.88. The lowest BCUT2D eigenvalue weighted by Crippen LogP contribution is -2.40. The number of rotatable bonds is 10. The third-order valence-corrected chi connectivity index (χ3v) is 5.94. The van der Waals surface area contributed by atoms with Gasteiger partial charge in [-0.05, 0) is 51.1 Å². The van der Waals surface area contributed by atoms with Gasteiger partial charge in [-0.1, -0.05) is 12.1 Å². The fraction of sp³-hybridized carbons (Fsp3) is 0.286. The van der Waals surface area contributed by atoms with Crippen LogP contribution in [0.15, 0.2) is 47.5 Å². The lowest BCUT2D eigenvalue weighted by atomic mass is 10.1. The number of nitrogens with zero attached hydrogens (tertiary/aromatic N) is 3. The SMILES string of the molecule is CCOC(=O)C(C)(C)Oc1c(F)c(Oc2cccc(C3=NCCN3C)c2)nc(Oc2cc(C(=N)N)ccc2O)c1F. The average molecular weight is 570 g/mol. The van der Waals surface area contributed by atoms with Crippen molar-refractivity contribution in [2.75, 3.05) is 26.7 Å². The summed E-state index contributed by atoms with van der Waals surface area (Å²) in [6, 6.07) is 10.3. The van der Waals surface area contributed by atoms with Crippen LogP contribution in [0.3, 0.4) is 0 Å². The van der Waals surface area contributed by atoms with Crippen molar-refractivity contribution in [1.29, 1.82) is 5.41 Å². The third kappa shape index (κ3) is 6.29. The zero-order valence-electron chi connectivity index (χ0n) is 22.8. The van der Waals surface area contributed by atoms with Crippen LogP contribution in [-0.4, -0.2) is 65.0 Å². The first-order chi connectivity index (χ1) is 19.4. The summed E-state index contributed by atoms with van der Waals surface area (Å²) in [4.78, 5) is 22.7. The molecule has 4 N–H and O–H groups in total. The number of nitrogens with two attached hydrogens (primary N) is 1. The smallest absolute Gasteiger partial charge is 0.349 e. The minimum Gasteiger partial charge on any atom is -0.504 e. The number of amidine groups is 2. The number of nitrogen functional groups attached to an aromatic ring is 1. The number of aliphatic imine (C=N–C) groups is 1. The molecule has 216 valence electrons. The predicted molar refractivity (Wildman–Crippen MR) is 145 cm³/mol. The second kappa shape index (κ2) is 11.7. The summed E-state index contributed by atoms with van der Waals surface area (Å²) in [6.07, 6.45) is 0. The van der Waals surface area contributed by atoms with E-state index >= 15 is 8.78 Å². The Hall–Kier alpha value is -4.94. The molecule has 0 fully saturated rings. The monoisotopic (exact) mass is 569 g/mol. The van der Waals surface area contributed by atoms with E-state index in [1.54, 1.807) is 25.1 Å². The van der Waals surface area contributed by atoms with Gasteiger partial charge in [-0.2, -0.15) is 13.8 Å². The summed E-state index contributed by atoms with van der Waals surface area (Å²) >= 11 is 0. The summed E-state index contributed by atoms with van der Waals surface area (Å²) in [6.45, 7) is 5.50. The molecule has 3 aromatic rings. The molecule has 11 nitrogen and oxygen atoms in total. The Labute approximate surface area is 234 Å². The Morgan fingerprint density at radius 3 is 2.49 bits per heavy atom. The predicted octanol–water partition coefficient (Wildman–Crippen LogP) is 4.35. The minimum atomic E-state index is -1.82. The number of hydrogen-bond donors (Lipinski definition) is 3. The van der Waals surface area contributed by atoms with Gasteiger partial charge in [-0.25, -0.2) is 4.79 Å². The number of likely N-dealkylation sites (N-methyl/N-ethyl adjacent to an activating group) is 1. The zero-order chi connectivity index (χ0) is 29.9. The number of ether oxygens (including phenoxy) is 4.